The molecule has 1 amide bonds. The smallest absolute Gasteiger partial charge is 0.269 e. The molecule has 2 aromatic heterocycles. The van der Waals surface area contributed by atoms with Crippen molar-refractivity contribution in [3.05, 3.63) is 75.6 Å². The van der Waals surface area contributed by atoms with Crippen LogP contribution in [0.1, 0.15) is 21.7 Å². The lowest BCUT2D eigenvalue weighted by molar-refractivity contribution is 0.0994. The molecular weight excluding hydrogens is 325 g/mol. The quantitative estimate of drug-likeness (QED) is 0.765. The van der Waals surface area contributed by atoms with Crippen molar-refractivity contribution >= 4 is 5.91 Å². The van der Waals surface area contributed by atoms with Gasteiger partial charge >= 0.3 is 0 Å². The number of nitrogens with two attached hydrogens (primary N) is 1. The first-order chi connectivity index (χ1) is 11.9. The van der Waals surface area contributed by atoms with Crippen LogP contribution in [-0.2, 0) is 13.5 Å². The Morgan fingerprint density at radius 3 is 2.64 bits per heavy atom. The van der Waals surface area contributed by atoms with Crippen LogP contribution < -0.4 is 11.3 Å². The molecule has 7 nitrogen and oxygen atoms in total. The molecule has 2 heterocycles. The van der Waals surface area contributed by atoms with E-state index in [0.29, 0.717) is 17.8 Å². The molecular formula is C17H14FN5O2. The van der Waals surface area contributed by atoms with Gasteiger partial charge in [0.2, 0.25) is 0 Å². The minimum absolute atomic E-state index is 0.0609. The molecule has 25 heavy (non-hydrogen) atoms. The van der Waals surface area contributed by atoms with Crippen LogP contribution in [0.4, 0.5) is 4.39 Å². The highest BCUT2D eigenvalue weighted by atomic mass is 19.1. The molecule has 0 atom stereocenters. The van der Waals surface area contributed by atoms with Crippen LogP contribution in [0.15, 0.2) is 47.3 Å². The Kier molecular flexibility index (Phi) is 4.34. The SMILES string of the molecule is Cn1nc(C(N)=O)c(-c2ccc(Cc3cccc(F)c3)nn2)cc1=O. The largest absolute Gasteiger partial charge is 0.364 e. The van der Waals surface area contributed by atoms with Crippen molar-refractivity contribution in [3.63, 3.8) is 0 Å². The Morgan fingerprint density at radius 2 is 2.00 bits per heavy atom. The standard InChI is InChI=1S/C17H14FN5O2/c1-23-15(24)9-13(16(22-23)17(19)25)14-6-5-12(20-21-14)8-10-3-2-4-11(18)7-10/h2-7,9H,8H2,1H3,(H2,19,25). The molecule has 2 N–H and O–H groups in total. The zero-order valence-corrected chi connectivity index (χ0v) is 13.3. The number of amides is 1. The molecule has 0 bridgehead atoms. The monoisotopic (exact) mass is 339 g/mol. The van der Waals surface area contributed by atoms with E-state index < -0.39 is 11.5 Å². The molecule has 0 spiro atoms. The predicted molar refractivity (Wildman–Crippen MR) is 88.2 cm³/mol. The van der Waals surface area contributed by atoms with Crippen molar-refractivity contribution in [1.82, 2.24) is 20.0 Å². The van der Waals surface area contributed by atoms with Crippen LogP contribution in [-0.4, -0.2) is 25.9 Å². The van der Waals surface area contributed by atoms with Crippen molar-refractivity contribution in [2.75, 3.05) is 0 Å². The maximum absolute atomic E-state index is 13.2. The molecule has 0 saturated heterocycles. The van der Waals surface area contributed by atoms with Crippen molar-refractivity contribution in [2.24, 2.45) is 12.8 Å². The van der Waals surface area contributed by atoms with Gasteiger partial charge in [-0.25, -0.2) is 9.07 Å². The highest BCUT2D eigenvalue weighted by Gasteiger charge is 2.16. The first kappa shape index (κ1) is 16.4. The lowest BCUT2D eigenvalue weighted by atomic mass is 10.1. The molecule has 0 aliphatic rings. The summed E-state index contributed by atoms with van der Waals surface area (Å²) in [7, 11) is 1.42. The van der Waals surface area contributed by atoms with Crippen molar-refractivity contribution in [1.29, 1.82) is 0 Å². The normalized spacial score (nSPS) is 10.6. The third-order valence-electron chi connectivity index (χ3n) is 3.60. The number of hydrogen-bond acceptors (Lipinski definition) is 5. The number of carbonyl (C=O) groups is 1. The first-order valence-corrected chi connectivity index (χ1v) is 7.39. The molecule has 0 fully saturated rings. The zero-order chi connectivity index (χ0) is 18.0. The fraction of sp³-hybridized carbons (Fsp3) is 0.118. The van der Waals surface area contributed by atoms with Gasteiger partial charge in [-0.3, -0.25) is 9.59 Å². The van der Waals surface area contributed by atoms with E-state index in [1.165, 1.54) is 25.2 Å². The van der Waals surface area contributed by atoms with E-state index in [2.05, 4.69) is 15.3 Å². The maximum atomic E-state index is 13.2. The van der Waals surface area contributed by atoms with Gasteiger partial charge in [0.05, 0.1) is 11.4 Å². The van der Waals surface area contributed by atoms with Gasteiger partial charge in [-0.05, 0) is 29.8 Å². The third kappa shape index (κ3) is 3.57. The Labute approximate surface area is 141 Å². The molecule has 1 aromatic carbocycles. The molecule has 8 heteroatoms. The van der Waals surface area contributed by atoms with E-state index in [1.54, 1.807) is 24.3 Å². The van der Waals surface area contributed by atoms with E-state index in [0.717, 1.165) is 10.2 Å². The number of aryl methyl sites for hydroxylation is 1. The van der Waals surface area contributed by atoms with Gasteiger partial charge in [0.25, 0.3) is 11.5 Å². The summed E-state index contributed by atoms with van der Waals surface area (Å²) >= 11 is 0. The fourth-order valence-electron chi connectivity index (χ4n) is 2.37. The summed E-state index contributed by atoms with van der Waals surface area (Å²) in [6.07, 6.45) is 0.405. The summed E-state index contributed by atoms with van der Waals surface area (Å²) in [6, 6.07) is 10.7. The minimum atomic E-state index is -0.767. The van der Waals surface area contributed by atoms with Gasteiger partial charge < -0.3 is 5.73 Å². The van der Waals surface area contributed by atoms with Gasteiger partial charge in [-0.15, -0.1) is 0 Å². The summed E-state index contributed by atoms with van der Waals surface area (Å²) in [4.78, 5) is 23.4. The average Bonchev–Trinajstić information content (AvgIpc) is 2.57. The summed E-state index contributed by atoms with van der Waals surface area (Å²) < 4.78 is 14.3. The number of nitrogens with zero attached hydrogens (tertiary/aromatic N) is 4. The molecule has 0 aliphatic heterocycles. The third-order valence-corrected chi connectivity index (χ3v) is 3.60. The number of aromatic nitrogens is 4. The topological polar surface area (TPSA) is 104 Å². The van der Waals surface area contributed by atoms with Crippen molar-refractivity contribution in [3.8, 4) is 11.3 Å². The predicted octanol–water partition coefficient (Wildman–Crippen LogP) is 1.07. The minimum Gasteiger partial charge on any atom is -0.364 e. The van der Waals surface area contributed by atoms with Crippen LogP contribution in [0.3, 0.4) is 0 Å². The van der Waals surface area contributed by atoms with E-state index in [-0.39, 0.29) is 17.1 Å². The van der Waals surface area contributed by atoms with Crippen LogP contribution in [0, 0.1) is 5.82 Å². The molecule has 0 unspecified atom stereocenters. The zero-order valence-electron chi connectivity index (χ0n) is 13.3. The van der Waals surface area contributed by atoms with Crippen molar-refractivity contribution in [2.45, 2.75) is 6.42 Å². The summed E-state index contributed by atoms with van der Waals surface area (Å²) in [5, 5.41) is 12.0. The summed E-state index contributed by atoms with van der Waals surface area (Å²) in [6.45, 7) is 0. The number of hydrogen-bond donors (Lipinski definition) is 1. The second-order valence-electron chi connectivity index (χ2n) is 5.45. The van der Waals surface area contributed by atoms with Gasteiger partial charge in [-0.2, -0.15) is 15.3 Å². The number of benzene rings is 1. The molecule has 0 saturated carbocycles. The molecule has 3 rings (SSSR count). The van der Waals surface area contributed by atoms with Gasteiger partial charge in [0.1, 0.15) is 5.82 Å². The van der Waals surface area contributed by atoms with Crippen LogP contribution in [0.2, 0.25) is 0 Å². The van der Waals surface area contributed by atoms with E-state index in [4.69, 9.17) is 5.73 Å². The maximum Gasteiger partial charge on any atom is 0.269 e. The highest BCUT2D eigenvalue weighted by Crippen LogP contribution is 2.18. The first-order valence-electron chi connectivity index (χ1n) is 7.39. The fourth-order valence-corrected chi connectivity index (χ4v) is 2.37. The highest BCUT2D eigenvalue weighted by molar-refractivity contribution is 5.97. The Balaban J connectivity index is 1.94. The molecule has 0 aliphatic carbocycles. The molecule has 3 aromatic rings. The summed E-state index contributed by atoms with van der Waals surface area (Å²) in [5.74, 6) is -1.09. The lowest BCUT2D eigenvalue weighted by Crippen LogP contribution is -2.25. The second kappa shape index (κ2) is 6.60. The average molecular weight is 339 g/mol. The lowest BCUT2D eigenvalue weighted by Gasteiger charge is -2.07. The van der Waals surface area contributed by atoms with E-state index in [9.17, 15) is 14.0 Å². The molecule has 126 valence electrons. The van der Waals surface area contributed by atoms with Gasteiger partial charge in [0.15, 0.2) is 5.69 Å². The number of rotatable bonds is 4. The van der Waals surface area contributed by atoms with Crippen LogP contribution >= 0.6 is 0 Å². The Bertz CT molecular complexity index is 999. The van der Waals surface area contributed by atoms with E-state index in [1.807, 2.05) is 0 Å². The Hall–Kier alpha value is -3.42. The number of halogens is 1. The molecule has 0 radical (unpaired) electrons. The van der Waals surface area contributed by atoms with E-state index >= 15 is 0 Å². The van der Waals surface area contributed by atoms with Crippen LogP contribution in [0.25, 0.3) is 11.3 Å². The summed E-state index contributed by atoms with van der Waals surface area (Å²) in [5.41, 5.74) is 6.76. The number of carbonyl (C=O) groups excluding carboxylic acids is 1. The van der Waals surface area contributed by atoms with Gasteiger partial charge in [0, 0.05) is 25.1 Å². The van der Waals surface area contributed by atoms with Crippen molar-refractivity contribution < 1.29 is 9.18 Å². The Morgan fingerprint density at radius 1 is 1.20 bits per heavy atom. The number of primary amides is 1. The van der Waals surface area contributed by atoms with Crippen LogP contribution in [0.5, 0.6) is 0 Å². The van der Waals surface area contributed by atoms with Gasteiger partial charge in [-0.1, -0.05) is 12.1 Å². The second-order valence-corrected chi connectivity index (χ2v) is 5.45.